The number of piperazine rings is 1. The summed E-state index contributed by atoms with van der Waals surface area (Å²) >= 11 is 0. The maximum atomic E-state index is 15.7. The highest BCUT2D eigenvalue weighted by molar-refractivity contribution is 7.90. The Morgan fingerprint density at radius 2 is 1.66 bits per heavy atom. The molecule has 2 aromatic heterocycles. The Bertz CT molecular complexity index is 2680. The zero-order chi connectivity index (χ0) is 45.1. The molecule has 3 amide bonds. The Labute approximate surface area is 370 Å². The van der Waals surface area contributed by atoms with Gasteiger partial charge in [-0.1, -0.05) is 43.3 Å². The number of nitrogens with one attached hydrogen (secondary N) is 4. The van der Waals surface area contributed by atoms with Crippen LogP contribution < -0.4 is 15.4 Å². The second kappa shape index (κ2) is 18.9. The van der Waals surface area contributed by atoms with Gasteiger partial charge in [-0.05, 0) is 85.3 Å². The summed E-state index contributed by atoms with van der Waals surface area (Å²) in [6.07, 6.45) is 5.69. The molecule has 5 heterocycles. The van der Waals surface area contributed by atoms with Gasteiger partial charge in [0.1, 0.15) is 17.5 Å². The molecule has 64 heavy (non-hydrogen) atoms. The molecular formula is C46H51F2N9O6S. The zero-order valence-corrected chi connectivity index (χ0v) is 36.5. The number of ketones is 1. The minimum absolute atomic E-state index is 0.0247. The number of pyridine rings is 1. The van der Waals surface area contributed by atoms with Crippen molar-refractivity contribution in [2.45, 2.75) is 51.1 Å². The smallest absolute Gasteiger partial charge is 0.301 e. The molecule has 3 aromatic carbocycles. The fraction of sp³-hybridized carbons (Fsp3) is 0.370. The molecule has 15 nitrogen and oxygen atoms in total. The van der Waals surface area contributed by atoms with E-state index in [0.717, 1.165) is 59.2 Å². The van der Waals surface area contributed by atoms with Gasteiger partial charge in [-0.15, -0.1) is 0 Å². The molecule has 1 unspecified atom stereocenters. The first kappa shape index (κ1) is 44.5. The van der Waals surface area contributed by atoms with Crippen molar-refractivity contribution in [2.75, 3.05) is 69.4 Å². The Morgan fingerprint density at radius 1 is 0.922 bits per heavy atom. The van der Waals surface area contributed by atoms with E-state index in [9.17, 15) is 27.6 Å². The largest absolute Gasteiger partial charge is 0.374 e. The van der Waals surface area contributed by atoms with Crippen molar-refractivity contribution >= 4 is 56.1 Å². The van der Waals surface area contributed by atoms with Crippen LogP contribution in [0.5, 0.6) is 0 Å². The van der Waals surface area contributed by atoms with Crippen LogP contribution in [0.15, 0.2) is 79.1 Å². The van der Waals surface area contributed by atoms with Gasteiger partial charge in [0, 0.05) is 87.3 Å². The lowest BCUT2D eigenvalue weighted by atomic mass is 9.89. The lowest BCUT2D eigenvalue weighted by molar-refractivity contribution is -0.135. The van der Waals surface area contributed by atoms with Crippen molar-refractivity contribution < 1.29 is 36.4 Å². The van der Waals surface area contributed by atoms with Gasteiger partial charge in [0.15, 0.2) is 5.82 Å². The molecule has 1 atom stereocenters. The second-order valence-electron chi connectivity index (χ2n) is 16.6. The number of hydrogen-bond donors (Lipinski definition) is 4. The minimum Gasteiger partial charge on any atom is -0.374 e. The number of anilines is 2. The van der Waals surface area contributed by atoms with Crippen LogP contribution in [0.4, 0.5) is 20.2 Å². The molecule has 0 bridgehead atoms. The summed E-state index contributed by atoms with van der Waals surface area (Å²) in [5.41, 5.74) is 3.51. The number of H-pyrrole nitrogens is 1. The number of imide groups is 1. The SMILES string of the molecule is CCN(C)S(=O)(=O)Nc1ccc(F)c(C(=O)c2c[nH]c3ncc(-c4ccccc4CN4CCN(C(=O)CN5CCC(c6ccc(NC7CCC(=O)NC7=O)cc6)CC5)CC4)cc23)c1F. The van der Waals surface area contributed by atoms with E-state index in [4.69, 9.17) is 0 Å². The van der Waals surface area contributed by atoms with E-state index in [1.165, 1.54) is 18.8 Å². The molecule has 3 aliphatic rings. The van der Waals surface area contributed by atoms with Crippen LogP contribution >= 0.6 is 0 Å². The summed E-state index contributed by atoms with van der Waals surface area (Å²) in [7, 11) is -2.85. The van der Waals surface area contributed by atoms with Gasteiger partial charge in [-0.25, -0.2) is 13.8 Å². The summed E-state index contributed by atoms with van der Waals surface area (Å²) in [6.45, 7) is 6.91. The number of halogens is 2. The van der Waals surface area contributed by atoms with E-state index in [2.05, 4.69) is 47.3 Å². The molecule has 0 aliphatic carbocycles. The van der Waals surface area contributed by atoms with E-state index in [-0.39, 0.29) is 29.8 Å². The molecule has 8 rings (SSSR count). The minimum atomic E-state index is -4.15. The monoisotopic (exact) mass is 895 g/mol. The fourth-order valence-electron chi connectivity index (χ4n) is 8.64. The Kier molecular flexibility index (Phi) is 13.2. The maximum Gasteiger partial charge on any atom is 0.301 e. The zero-order valence-electron chi connectivity index (χ0n) is 35.7. The van der Waals surface area contributed by atoms with Gasteiger partial charge in [-0.2, -0.15) is 12.7 Å². The predicted molar refractivity (Wildman–Crippen MR) is 239 cm³/mol. The standard InChI is InChI=1S/C46H51F2N9O6S/c1-3-54(2)64(62,63)53-38-13-12-37(47)42(43(38)48)44(60)36-26-50-45-35(36)24-32(25-49-45)34-7-5-4-6-31(34)27-56-20-22-57(23-21-56)41(59)28-55-18-16-30(17-19-55)29-8-10-33(11-9-29)51-39-14-15-40(58)52-46(39)61/h4-13,24-26,30,39,51,53H,3,14-23,27-28H2,1-2H3,(H,49,50)(H,52,58,61). The molecule has 0 saturated carbocycles. The van der Waals surface area contributed by atoms with Crippen molar-refractivity contribution in [1.29, 1.82) is 0 Å². The van der Waals surface area contributed by atoms with E-state index in [0.29, 0.717) is 74.6 Å². The predicted octanol–water partition coefficient (Wildman–Crippen LogP) is 5.09. The molecule has 18 heteroatoms. The number of piperidine rings is 2. The highest BCUT2D eigenvalue weighted by Gasteiger charge is 2.30. The summed E-state index contributed by atoms with van der Waals surface area (Å²) in [5, 5.41) is 5.95. The number of likely N-dealkylation sites (tertiary alicyclic amines) is 1. The molecule has 3 aliphatic heterocycles. The van der Waals surface area contributed by atoms with Crippen LogP contribution in [0.3, 0.4) is 0 Å². The van der Waals surface area contributed by atoms with Crippen molar-refractivity contribution in [3.8, 4) is 11.1 Å². The average Bonchev–Trinajstić information content (AvgIpc) is 3.72. The van der Waals surface area contributed by atoms with Crippen molar-refractivity contribution in [3.05, 3.63) is 113 Å². The fourth-order valence-corrected chi connectivity index (χ4v) is 9.57. The van der Waals surface area contributed by atoms with Crippen molar-refractivity contribution in [3.63, 3.8) is 0 Å². The van der Waals surface area contributed by atoms with E-state index in [1.807, 2.05) is 41.3 Å². The number of aromatic nitrogens is 2. The van der Waals surface area contributed by atoms with Gasteiger partial charge in [-0.3, -0.25) is 39.0 Å². The highest BCUT2D eigenvalue weighted by atomic mass is 32.2. The lowest BCUT2D eigenvalue weighted by Gasteiger charge is -2.37. The summed E-state index contributed by atoms with van der Waals surface area (Å²) in [4.78, 5) is 64.8. The van der Waals surface area contributed by atoms with E-state index < -0.39 is 44.9 Å². The first-order chi connectivity index (χ1) is 30.8. The van der Waals surface area contributed by atoms with Crippen LogP contribution in [-0.4, -0.2) is 126 Å². The average molecular weight is 896 g/mol. The molecule has 3 saturated heterocycles. The molecular weight excluding hydrogens is 845 g/mol. The molecule has 336 valence electrons. The van der Waals surface area contributed by atoms with Crippen molar-refractivity contribution in [1.82, 2.24) is 34.3 Å². The van der Waals surface area contributed by atoms with Gasteiger partial charge < -0.3 is 15.2 Å². The van der Waals surface area contributed by atoms with Gasteiger partial charge >= 0.3 is 10.2 Å². The second-order valence-corrected chi connectivity index (χ2v) is 18.4. The summed E-state index contributed by atoms with van der Waals surface area (Å²) in [5.74, 6) is -3.46. The highest BCUT2D eigenvalue weighted by Crippen LogP contribution is 2.33. The number of hydrogen-bond acceptors (Lipinski definition) is 10. The first-order valence-corrected chi connectivity index (χ1v) is 23.0. The third-order valence-electron chi connectivity index (χ3n) is 12.5. The number of carbonyl (C=O) groups is 4. The van der Waals surface area contributed by atoms with Crippen LogP contribution in [0.25, 0.3) is 22.2 Å². The first-order valence-electron chi connectivity index (χ1n) is 21.5. The Morgan fingerprint density at radius 3 is 2.38 bits per heavy atom. The van der Waals surface area contributed by atoms with Crippen LogP contribution in [-0.2, 0) is 31.1 Å². The summed E-state index contributed by atoms with van der Waals surface area (Å²) < 4.78 is 59.1. The number of rotatable bonds is 14. The summed E-state index contributed by atoms with van der Waals surface area (Å²) in [6, 6.07) is 19.1. The molecule has 0 spiro atoms. The number of benzene rings is 3. The number of amides is 3. The molecule has 0 radical (unpaired) electrons. The van der Waals surface area contributed by atoms with Gasteiger partial charge in [0.05, 0.1) is 17.8 Å². The Balaban J connectivity index is 0.856. The third kappa shape index (κ3) is 9.69. The number of aromatic amines is 1. The maximum absolute atomic E-state index is 15.7. The van der Waals surface area contributed by atoms with Crippen LogP contribution in [0.1, 0.15) is 65.6 Å². The number of fused-ring (bicyclic) bond motifs is 1. The molecule has 5 aromatic rings. The van der Waals surface area contributed by atoms with Crippen LogP contribution in [0.2, 0.25) is 0 Å². The van der Waals surface area contributed by atoms with E-state index >= 15 is 8.78 Å². The van der Waals surface area contributed by atoms with Gasteiger partial charge in [0.2, 0.25) is 23.5 Å². The van der Waals surface area contributed by atoms with E-state index in [1.54, 1.807) is 19.2 Å². The van der Waals surface area contributed by atoms with Crippen LogP contribution in [0, 0.1) is 11.6 Å². The topological polar surface area (TPSA) is 180 Å². The third-order valence-corrected chi connectivity index (χ3v) is 14.1. The quantitative estimate of drug-likeness (QED) is 0.0867. The van der Waals surface area contributed by atoms with Gasteiger partial charge in [0.25, 0.3) is 0 Å². The number of nitrogens with zero attached hydrogens (tertiary/aromatic N) is 5. The number of carbonyl (C=O) groups excluding carboxylic acids is 4. The molecule has 3 fully saturated rings. The normalized spacial score (nSPS) is 18.1. The lowest BCUT2D eigenvalue weighted by Crippen LogP contribution is -2.51. The molecule has 4 N–H and O–H groups in total. The van der Waals surface area contributed by atoms with Crippen molar-refractivity contribution in [2.24, 2.45) is 0 Å². The Hall–Kier alpha value is -6.08.